The number of hydrogen-bond donors (Lipinski definition) is 3. The lowest BCUT2D eigenvalue weighted by Gasteiger charge is -2.20. The summed E-state index contributed by atoms with van der Waals surface area (Å²) in [5, 5.41) is 18.4. The minimum atomic E-state index is -4.62. The average Bonchev–Trinajstić information content (AvgIpc) is 3.24. The Kier molecular flexibility index (Phi) is 43.9. The van der Waals surface area contributed by atoms with Crippen molar-refractivity contribution in [2.45, 2.75) is 238 Å². The summed E-state index contributed by atoms with van der Waals surface area (Å²) in [6.07, 6.45) is 48.3. The van der Waals surface area contributed by atoms with Crippen molar-refractivity contribution < 1.29 is 47.8 Å². The second-order valence-corrected chi connectivity index (χ2v) is 17.9. The number of esters is 2. The molecule has 0 heterocycles. The Morgan fingerprint density at radius 1 is 0.517 bits per heavy atom. The molecule has 0 saturated heterocycles. The number of aliphatic hydroxyl groups is 2. The predicted molar refractivity (Wildman–Crippen MR) is 247 cm³/mol. The minimum Gasteiger partial charge on any atom is -0.462 e. The first-order valence-corrected chi connectivity index (χ1v) is 25.9. The third-order valence-corrected chi connectivity index (χ3v) is 11.5. The first-order valence-electron chi connectivity index (χ1n) is 24.4. The fourth-order valence-electron chi connectivity index (χ4n) is 6.83. The summed E-state index contributed by atoms with van der Waals surface area (Å²) in [5.41, 5.74) is 0. The molecule has 11 heteroatoms. The van der Waals surface area contributed by atoms with Crippen LogP contribution in [-0.4, -0.2) is 65.7 Å². The summed E-state index contributed by atoms with van der Waals surface area (Å²) in [6.45, 7) is 2.28. The van der Waals surface area contributed by atoms with Crippen molar-refractivity contribution in [1.29, 1.82) is 0 Å². The molecule has 0 aromatic rings. The van der Waals surface area contributed by atoms with Crippen LogP contribution in [0.3, 0.4) is 0 Å². The van der Waals surface area contributed by atoms with Gasteiger partial charge in [-0.25, -0.2) is 4.57 Å². The van der Waals surface area contributed by atoms with Gasteiger partial charge in [-0.3, -0.25) is 18.6 Å². The van der Waals surface area contributed by atoms with E-state index in [4.69, 9.17) is 23.6 Å². The van der Waals surface area contributed by atoms with Crippen molar-refractivity contribution >= 4 is 19.8 Å². The second kappa shape index (κ2) is 45.2. The van der Waals surface area contributed by atoms with E-state index < -0.39 is 51.8 Å². The van der Waals surface area contributed by atoms with Crippen molar-refractivity contribution in [3.05, 3.63) is 36.5 Å². The molecule has 0 aromatic heterocycles. The number of hydrogen-bond acceptors (Lipinski definition) is 9. The molecule has 3 atom stereocenters. The standard InChI is InChI=1S/C49H91O10P/c1-3-5-7-9-11-13-15-17-19-20-21-22-23-24-25-27-28-30-32-34-36-38-40-48(52)56-44-47(45-58-60(54,55)57-43-46(51)42-50)59-49(53)41-39-37-35-33-31-29-26-18-16-14-12-10-8-6-4-2/h6,8,12,14,18,26,46-47,50-51H,3-5,7,9-11,13,15-17,19-25,27-45H2,1-2H3,(H,54,55)/b8-6+,14-12+,26-18+/t46-,47-/m1/s1. The summed E-state index contributed by atoms with van der Waals surface area (Å²) in [6, 6.07) is 0. The fraction of sp³-hybridized carbons (Fsp3) is 0.837. The largest absolute Gasteiger partial charge is 0.472 e. The number of rotatable bonds is 46. The molecule has 0 radical (unpaired) electrons. The van der Waals surface area contributed by atoms with Gasteiger partial charge in [0.05, 0.1) is 19.8 Å². The topological polar surface area (TPSA) is 149 Å². The van der Waals surface area contributed by atoms with Gasteiger partial charge in [0, 0.05) is 12.8 Å². The molecule has 0 rings (SSSR count). The maximum absolute atomic E-state index is 12.6. The van der Waals surface area contributed by atoms with E-state index in [-0.39, 0.29) is 19.4 Å². The van der Waals surface area contributed by atoms with Crippen LogP contribution in [0.1, 0.15) is 226 Å². The molecule has 0 fully saturated rings. The van der Waals surface area contributed by atoms with E-state index in [1.54, 1.807) is 0 Å². The molecule has 3 N–H and O–H groups in total. The molecule has 0 bridgehead atoms. The lowest BCUT2D eigenvalue weighted by atomic mass is 10.0. The summed E-state index contributed by atoms with van der Waals surface area (Å²) in [5.74, 6) is -0.935. The van der Waals surface area contributed by atoms with E-state index in [0.717, 1.165) is 70.6 Å². The highest BCUT2D eigenvalue weighted by Gasteiger charge is 2.27. The fourth-order valence-corrected chi connectivity index (χ4v) is 7.62. The van der Waals surface area contributed by atoms with Crippen LogP contribution in [0.5, 0.6) is 0 Å². The van der Waals surface area contributed by atoms with Crippen molar-refractivity contribution in [1.82, 2.24) is 0 Å². The molecular weight excluding hydrogens is 780 g/mol. The normalized spacial score (nSPS) is 14.0. The van der Waals surface area contributed by atoms with E-state index in [9.17, 15) is 24.2 Å². The molecule has 0 aliphatic carbocycles. The minimum absolute atomic E-state index is 0.166. The number of ether oxygens (including phenoxy) is 2. The van der Waals surface area contributed by atoms with Gasteiger partial charge in [-0.05, 0) is 44.9 Å². The predicted octanol–water partition coefficient (Wildman–Crippen LogP) is 13.5. The van der Waals surface area contributed by atoms with Gasteiger partial charge < -0.3 is 24.6 Å². The van der Waals surface area contributed by atoms with Gasteiger partial charge in [0.2, 0.25) is 0 Å². The van der Waals surface area contributed by atoms with Crippen molar-refractivity contribution in [2.75, 3.05) is 26.4 Å². The van der Waals surface area contributed by atoms with Crippen LogP contribution in [0.25, 0.3) is 0 Å². The highest BCUT2D eigenvalue weighted by molar-refractivity contribution is 7.47. The van der Waals surface area contributed by atoms with Crippen molar-refractivity contribution in [2.24, 2.45) is 0 Å². The third-order valence-electron chi connectivity index (χ3n) is 10.6. The van der Waals surface area contributed by atoms with E-state index in [2.05, 4.69) is 50.3 Å². The summed E-state index contributed by atoms with van der Waals surface area (Å²) in [7, 11) is -4.62. The van der Waals surface area contributed by atoms with Crippen LogP contribution in [0, 0.1) is 0 Å². The quantitative estimate of drug-likeness (QED) is 0.0234. The SMILES string of the molecule is CC/C=C/C/C=C/C/C=C/CCCCCCCC(=O)O[C@H](COC(=O)CCCCCCCCCCCCCCCCCCCCCCCC)COP(=O)(O)OC[C@H](O)CO. The Morgan fingerprint density at radius 3 is 1.38 bits per heavy atom. The average molecular weight is 871 g/mol. The van der Waals surface area contributed by atoms with Crippen LogP contribution in [-0.2, 0) is 32.7 Å². The lowest BCUT2D eigenvalue weighted by molar-refractivity contribution is -0.161. The van der Waals surface area contributed by atoms with Gasteiger partial charge in [-0.15, -0.1) is 0 Å². The van der Waals surface area contributed by atoms with Gasteiger partial charge in [0.15, 0.2) is 6.10 Å². The Morgan fingerprint density at radius 2 is 0.917 bits per heavy atom. The zero-order chi connectivity index (χ0) is 44.0. The first kappa shape index (κ1) is 58.2. The molecule has 0 spiro atoms. The highest BCUT2D eigenvalue weighted by atomic mass is 31.2. The smallest absolute Gasteiger partial charge is 0.462 e. The molecule has 0 aromatic carbocycles. The van der Waals surface area contributed by atoms with Crippen LogP contribution in [0.4, 0.5) is 0 Å². The van der Waals surface area contributed by atoms with Crippen LogP contribution >= 0.6 is 7.82 Å². The molecule has 10 nitrogen and oxygen atoms in total. The van der Waals surface area contributed by atoms with Crippen molar-refractivity contribution in [3.8, 4) is 0 Å². The Bertz CT molecular complexity index is 1090. The first-order chi connectivity index (χ1) is 29.2. The van der Waals surface area contributed by atoms with Gasteiger partial charge in [-0.2, -0.15) is 0 Å². The Labute approximate surface area is 367 Å². The number of phosphoric ester groups is 1. The summed E-state index contributed by atoms with van der Waals surface area (Å²) in [4.78, 5) is 35.1. The van der Waals surface area contributed by atoms with E-state index in [1.165, 1.54) is 116 Å². The van der Waals surface area contributed by atoms with Crippen LogP contribution in [0.15, 0.2) is 36.5 Å². The molecule has 0 aliphatic rings. The molecule has 60 heavy (non-hydrogen) atoms. The van der Waals surface area contributed by atoms with E-state index >= 15 is 0 Å². The van der Waals surface area contributed by atoms with E-state index in [1.807, 2.05) is 0 Å². The number of unbranched alkanes of at least 4 members (excludes halogenated alkanes) is 26. The summed E-state index contributed by atoms with van der Waals surface area (Å²) < 4.78 is 32.8. The number of phosphoric acid groups is 1. The molecule has 1 unspecified atom stereocenters. The zero-order valence-electron chi connectivity index (χ0n) is 38.4. The maximum Gasteiger partial charge on any atom is 0.472 e. The van der Waals surface area contributed by atoms with Gasteiger partial charge in [0.25, 0.3) is 0 Å². The monoisotopic (exact) mass is 871 g/mol. The molecular formula is C49H91O10P. The lowest BCUT2D eigenvalue weighted by Crippen LogP contribution is -2.29. The Hall–Kier alpha value is -1.81. The van der Waals surface area contributed by atoms with Crippen LogP contribution < -0.4 is 0 Å². The number of carbonyl (C=O) groups is 2. The highest BCUT2D eigenvalue weighted by Crippen LogP contribution is 2.43. The molecule has 0 amide bonds. The Balaban J connectivity index is 4.16. The number of allylic oxidation sites excluding steroid dienone is 6. The number of carbonyl (C=O) groups excluding carboxylic acids is 2. The zero-order valence-corrected chi connectivity index (χ0v) is 39.3. The third kappa shape index (κ3) is 44.3. The molecule has 352 valence electrons. The summed E-state index contributed by atoms with van der Waals surface area (Å²) >= 11 is 0. The van der Waals surface area contributed by atoms with E-state index in [0.29, 0.717) is 12.8 Å². The van der Waals surface area contributed by atoms with Gasteiger partial charge in [0.1, 0.15) is 12.7 Å². The molecule has 0 saturated carbocycles. The van der Waals surface area contributed by atoms with Gasteiger partial charge in [-0.1, -0.05) is 204 Å². The number of aliphatic hydroxyl groups excluding tert-OH is 2. The van der Waals surface area contributed by atoms with Gasteiger partial charge >= 0.3 is 19.8 Å². The maximum atomic E-state index is 12.6. The molecule has 0 aliphatic heterocycles. The van der Waals surface area contributed by atoms with Crippen molar-refractivity contribution in [3.63, 3.8) is 0 Å². The second-order valence-electron chi connectivity index (χ2n) is 16.5. The van der Waals surface area contributed by atoms with Crippen LogP contribution in [0.2, 0.25) is 0 Å².